The average Bonchev–Trinajstić information content (AvgIpc) is 3.17. The van der Waals surface area contributed by atoms with E-state index in [1.807, 2.05) is 35.4 Å². The van der Waals surface area contributed by atoms with Gasteiger partial charge < -0.3 is 15.5 Å². The summed E-state index contributed by atoms with van der Waals surface area (Å²) in [5, 5.41) is 7.78. The number of aryl methyl sites for hydroxylation is 1. The SMILES string of the molecule is CCNC(=NCc1ccc(C(=O)N2CCCCC2)cc1)NCCc1ncc(C)s1. The van der Waals surface area contributed by atoms with Gasteiger partial charge in [-0.05, 0) is 50.8 Å². The minimum absolute atomic E-state index is 0.146. The van der Waals surface area contributed by atoms with Crippen LogP contribution in [0.5, 0.6) is 0 Å². The minimum Gasteiger partial charge on any atom is -0.357 e. The number of aliphatic imine (C=N–C) groups is 1. The number of hydrogen-bond acceptors (Lipinski definition) is 4. The van der Waals surface area contributed by atoms with Crippen LogP contribution >= 0.6 is 11.3 Å². The fraction of sp³-hybridized carbons (Fsp3) is 0.500. The number of thiazole rings is 1. The molecule has 1 fully saturated rings. The molecular formula is C22H31N5OS. The molecule has 0 unspecified atom stereocenters. The van der Waals surface area contributed by atoms with Gasteiger partial charge in [0.05, 0.1) is 11.6 Å². The van der Waals surface area contributed by atoms with Gasteiger partial charge in [-0.3, -0.25) is 4.79 Å². The summed E-state index contributed by atoms with van der Waals surface area (Å²) in [6.45, 7) is 8.07. The summed E-state index contributed by atoms with van der Waals surface area (Å²) >= 11 is 1.73. The van der Waals surface area contributed by atoms with Crippen molar-refractivity contribution < 1.29 is 4.79 Å². The van der Waals surface area contributed by atoms with Gasteiger partial charge in [-0.2, -0.15) is 0 Å². The van der Waals surface area contributed by atoms with E-state index in [1.54, 1.807) is 11.3 Å². The maximum Gasteiger partial charge on any atom is 0.253 e. The van der Waals surface area contributed by atoms with E-state index in [2.05, 4.69) is 34.5 Å². The zero-order valence-corrected chi connectivity index (χ0v) is 18.2. The molecule has 0 spiro atoms. The Morgan fingerprint density at radius 3 is 2.59 bits per heavy atom. The maximum absolute atomic E-state index is 12.6. The molecular weight excluding hydrogens is 382 g/mol. The molecule has 156 valence electrons. The van der Waals surface area contributed by atoms with E-state index < -0.39 is 0 Å². The Kier molecular flexibility index (Phi) is 8.04. The largest absolute Gasteiger partial charge is 0.357 e. The lowest BCUT2D eigenvalue weighted by Gasteiger charge is -2.26. The summed E-state index contributed by atoms with van der Waals surface area (Å²) in [7, 11) is 0. The van der Waals surface area contributed by atoms with Crippen LogP contribution in [0.25, 0.3) is 0 Å². The highest BCUT2D eigenvalue weighted by Gasteiger charge is 2.17. The standard InChI is InChI=1S/C22H31N5OS/c1-3-23-22(24-12-11-20-25-15-17(2)29-20)26-16-18-7-9-19(10-8-18)21(28)27-13-5-4-6-14-27/h7-10,15H,3-6,11-14,16H2,1-2H3,(H2,23,24,26). The number of benzene rings is 1. The maximum atomic E-state index is 12.6. The first-order valence-electron chi connectivity index (χ1n) is 10.5. The van der Waals surface area contributed by atoms with Crippen molar-refractivity contribution in [3.63, 3.8) is 0 Å². The Balaban J connectivity index is 1.52. The van der Waals surface area contributed by atoms with Crippen molar-refractivity contribution in [2.24, 2.45) is 4.99 Å². The molecule has 6 nitrogen and oxygen atoms in total. The van der Waals surface area contributed by atoms with Gasteiger partial charge in [-0.1, -0.05) is 12.1 Å². The van der Waals surface area contributed by atoms with Crippen molar-refractivity contribution in [2.75, 3.05) is 26.2 Å². The van der Waals surface area contributed by atoms with Crippen molar-refractivity contribution >= 4 is 23.2 Å². The number of aromatic nitrogens is 1. The van der Waals surface area contributed by atoms with E-state index in [4.69, 9.17) is 0 Å². The lowest BCUT2D eigenvalue weighted by atomic mass is 10.1. The molecule has 2 heterocycles. The Bertz CT molecular complexity index is 809. The van der Waals surface area contributed by atoms with E-state index >= 15 is 0 Å². The van der Waals surface area contributed by atoms with Crippen molar-refractivity contribution in [3.8, 4) is 0 Å². The number of hydrogen-bond donors (Lipinski definition) is 2. The molecule has 7 heteroatoms. The van der Waals surface area contributed by atoms with E-state index in [0.29, 0.717) is 6.54 Å². The smallest absolute Gasteiger partial charge is 0.253 e. The summed E-state index contributed by atoms with van der Waals surface area (Å²) in [5.74, 6) is 0.946. The molecule has 29 heavy (non-hydrogen) atoms. The van der Waals surface area contributed by atoms with E-state index in [0.717, 1.165) is 67.5 Å². The van der Waals surface area contributed by atoms with Gasteiger partial charge in [0.1, 0.15) is 0 Å². The topological polar surface area (TPSA) is 69.6 Å². The molecule has 1 aromatic heterocycles. The van der Waals surface area contributed by atoms with Crippen LogP contribution in [0.4, 0.5) is 0 Å². The first kappa shape index (κ1) is 21.3. The van der Waals surface area contributed by atoms with Crippen LogP contribution in [0, 0.1) is 6.92 Å². The number of amides is 1. The number of likely N-dealkylation sites (tertiary alicyclic amines) is 1. The van der Waals surface area contributed by atoms with Crippen LogP contribution in [0.15, 0.2) is 35.5 Å². The molecule has 0 aliphatic carbocycles. The predicted molar refractivity (Wildman–Crippen MR) is 120 cm³/mol. The number of carbonyl (C=O) groups excluding carboxylic acids is 1. The number of piperidine rings is 1. The van der Waals surface area contributed by atoms with E-state index in [9.17, 15) is 4.79 Å². The van der Waals surface area contributed by atoms with Gasteiger partial charge in [0.15, 0.2) is 5.96 Å². The number of rotatable bonds is 7. The average molecular weight is 414 g/mol. The highest BCUT2D eigenvalue weighted by molar-refractivity contribution is 7.11. The van der Waals surface area contributed by atoms with Gasteiger partial charge in [0.2, 0.25) is 0 Å². The zero-order valence-electron chi connectivity index (χ0n) is 17.4. The third-order valence-electron chi connectivity index (χ3n) is 4.91. The highest BCUT2D eigenvalue weighted by atomic mass is 32.1. The molecule has 3 rings (SSSR count). The predicted octanol–water partition coefficient (Wildman–Crippen LogP) is 3.38. The van der Waals surface area contributed by atoms with Crippen molar-refractivity contribution in [3.05, 3.63) is 51.5 Å². The molecule has 0 saturated carbocycles. The van der Waals surface area contributed by atoms with Crippen molar-refractivity contribution in [1.29, 1.82) is 0 Å². The second-order valence-electron chi connectivity index (χ2n) is 7.29. The second-order valence-corrected chi connectivity index (χ2v) is 8.61. The van der Waals surface area contributed by atoms with Gasteiger partial charge in [0, 0.05) is 49.2 Å². The normalized spacial score (nSPS) is 14.7. The molecule has 1 aliphatic rings. The molecule has 2 N–H and O–H groups in total. The van der Waals surface area contributed by atoms with Crippen molar-refractivity contribution in [1.82, 2.24) is 20.5 Å². The summed E-state index contributed by atoms with van der Waals surface area (Å²) in [6, 6.07) is 7.85. The Morgan fingerprint density at radius 1 is 1.17 bits per heavy atom. The quantitative estimate of drug-likeness (QED) is 0.539. The lowest BCUT2D eigenvalue weighted by molar-refractivity contribution is 0.0724. The second kappa shape index (κ2) is 11.0. The fourth-order valence-electron chi connectivity index (χ4n) is 3.35. The molecule has 0 radical (unpaired) electrons. The summed E-state index contributed by atoms with van der Waals surface area (Å²) in [6.07, 6.45) is 6.25. The van der Waals surface area contributed by atoms with Crippen LogP contribution in [-0.4, -0.2) is 47.9 Å². The van der Waals surface area contributed by atoms with Crippen LogP contribution in [0.3, 0.4) is 0 Å². The lowest BCUT2D eigenvalue weighted by Crippen LogP contribution is -2.38. The van der Waals surface area contributed by atoms with Crippen LogP contribution in [0.1, 0.15) is 52.0 Å². The molecule has 1 aliphatic heterocycles. The van der Waals surface area contributed by atoms with E-state index in [1.165, 1.54) is 11.3 Å². The summed E-state index contributed by atoms with van der Waals surface area (Å²) in [4.78, 5) is 24.8. The number of guanidine groups is 1. The minimum atomic E-state index is 0.146. The Morgan fingerprint density at radius 2 is 1.93 bits per heavy atom. The van der Waals surface area contributed by atoms with E-state index in [-0.39, 0.29) is 5.91 Å². The molecule has 0 atom stereocenters. The third-order valence-corrected chi connectivity index (χ3v) is 5.88. The Hall–Kier alpha value is -2.41. The highest BCUT2D eigenvalue weighted by Crippen LogP contribution is 2.14. The number of nitrogens with one attached hydrogen (secondary N) is 2. The molecule has 1 amide bonds. The zero-order chi connectivity index (χ0) is 20.5. The monoisotopic (exact) mass is 413 g/mol. The number of nitrogens with zero attached hydrogens (tertiary/aromatic N) is 3. The third kappa shape index (κ3) is 6.56. The van der Waals surface area contributed by atoms with Gasteiger partial charge in [0.25, 0.3) is 5.91 Å². The Labute approximate surface area is 177 Å². The van der Waals surface area contributed by atoms with Crippen molar-refractivity contribution in [2.45, 2.75) is 46.1 Å². The summed E-state index contributed by atoms with van der Waals surface area (Å²) < 4.78 is 0. The molecule has 1 aromatic carbocycles. The first-order valence-corrected chi connectivity index (χ1v) is 11.3. The number of carbonyl (C=O) groups is 1. The van der Waals surface area contributed by atoms with Crippen LogP contribution in [-0.2, 0) is 13.0 Å². The first-order chi connectivity index (χ1) is 14.2. The van der Waals surface area contributed by atoms with Gasteiger partial charge in [-0.25, -0.2) is 9.98 Å². The molecule has 1 saturated heterocycles. The van der Waals surface area contributed by atoms with Gasteiger partial charge >= 0.3 is 0 Å². The van der Waals surface area contributed by atoms with Crippen LogP contribution in [0.2, 0.25) is 0 Å². The fourth-order valence-corrected chi connectivity index (χ4v) is 4.14. The van der Waals surface area contributed by atoms with Crippen LogP contribution < -0.4 is 10.6 Å². The molecule has 0 bridgehead atoms. The van der Waals surface area contributed by atoms with Gasteiger partial charge in [-0.15, -0.1) is 11.3 Å². The molecule has 2 aromatic rings. The summed E-state index contributed by atoms with van der Waals surface area (Å²) in [5.41, 5.74) is 1.86.